The minimum Gasteiger partial charge on any atom is -0.394 e. The monoisotopic (exact) mass is 140 g/mol. The Morgan fingerprint density at radius 3 is 2.70 bits per heavy atom. The third-order valence-electron chi connectivity index (χ3n) is 1.92. The van der Waals surface area contributed by atoms with Crippen molar-refractivity contribution in [3.8, 4) is 0 Å². The zero-order valence-electron chi connectivity index (χ0n) is 6.56. The van der Waals surface area contributed by atoms with Crippen molar-refractivity contribution in [3.05, 3.63) is 12.3 Å². The first kappa shape index (κ1) is 7.61. The van der Waals surface area contributed by atoms with E-state index >= 15 is 0 Å². The molecule has 10 heavy (non-hydrogen) atoms. The van der Waals surface area contributed by atoms with Crippen LogP contribution in [-0.4, -0.2) is 20.1 Å². The lowest BCUT2D eigenvalue weighted by Gasteiger charge is -2.18. The van der Waals surface area contributed by atoms with Crippen LogP contribution >= 0.6 is 0 Å². The van der Waals surface area contributed by atoms with Gasteiger partial charge in [-0.25, -0.2) is 0 Å². The average Bonchev–Trinajstić information content (AvgIpc) is 2.03. The quantitative estimate of drug-likeness (QED) is 0.590. The highest BCUT2D eigenvalue weighted by molar-refractivity contribution is 4.88. The van der Waals surface area contributed by atoms with Crippen LogP contribution in [0.1, 0.15) is 12.8 Å². The fourth-order valence-corrected chi connectivity index (χ4v) is 1.27. The molecule has 0 aromatic heterocycles. The molecule has 0 bridgehead atoms. The molecule has 0 spiro atoms. The number of hydrogen-bond donors (Lipinski definition) is 2. The second-order valence-corrected chi connectivity index (χ2v) is 2.74. The highest BCUT2D eigenvalue weighted by atomic mass is 14.9. The first-order chi connectivity index (χ1) is 4.93. The summed E-state index contributed by atoms with van der Waals surface area (Å²) in [4.78, 5) is 0. The molecule has 1 rings (SSSR count). The van der Waals surface area contributed by atoms with Crippen LogP contribution in [0.15, 0.2) is 12.3 Å². The van der Waals surface area contributed by atoms with E-state index < -0.39 is 0 Å². The van der Waals surface area contributed by atoms with Crippen molar-refractivity contribution >= 4 is 0 Å². The topological polar surface area (TPSA) is 24.1 Å². The lowest BCUT2D eigenvalue weighted by atomic mass is 9.98. The van der Waals surface area contributed by atoms with Crippen LogP contribution in [0.25, 0.3) is 0 Å². The molecule has 2 nitrogen and oxygen atoms in total. The van der Waals surface area contributed by atoms with Crippen molar-refractivity contribution in [2.24, 2.45) is 5.92 Å². The van der Waals surface area contributed by atoms with E-state index in [1.165, 1.54) is 25.9 Å². The summed E-state index contributed by atoms with van der Waals surface area (Å²) in [5.41, 5.74) is 0. The first-order valence-corrected chi connectivity index (χ1v) is 3.98. The summed E-state index contributed by atoms with van der Waals surface area (Å²) in [5, 5.41) is 6.35. The van der Waals surface area contributed by atoms with Crippen LogP contribution in [0.4, 0.5) is 0 Å². The van der Waals surface area contributed by atoms with Gasteiger partial charge in [0.2, 0.25) is 0 Å². The van der Waals surface area contributed by atoms with Crippen molar-refractivity contribution in [2.45, 2.75) is 12.8 Å². The highest BCUT2D eigenvalue weighted by Gasteiger charge is 2.08. The molecule has 2 heteroatoms. The van der Waals surface area contributed by atoms with Crippen LogP contribution in [0.3, 0.4) is 0 Å². The van der Waals surface area contributed by atoms with Gasteiger partial charge in [-0.15, -0.1) is 0 Å². The smallest absolute Gasteiger partial charge is 0.00276 e. The molecule has 1 heterocycles. The van der Waals surface area contributed by atoms with E-state index in [4.69, 9.17) is 0 Å². The minimum absolute atomic E-state index is 0.800. The summed E-state index contributed by atoms with van der Waals surface area (Å²) in [6.07, 6.45) is 6.88. The maximum atomic E-state index is 3.34. The third kappa shape index (κ3) is 2.40. The molecule has 58 valence electrons. The number of piperidine rings is 1. The summed E-state index contributed by atoms with van der Waals surface area (Å²) in [7, 11) is 1.94. The molecule has 0 amide bonds. The van der Waals surface area contributed by atoms with Crippen molar-refractivity contribution < 1.29 is 0 Å². The molecule has 0 saturated carbocycles. The van der Waals surface area contributed by atoms with Gasteiger partial charge in [0.05, 0.1) is 0 Å². The molecule has 2 N–H and O–H groups in total. The molecule has 1 aliphatic rings. The fourth-order valence-electron chi connectivity index (χ4n) is 1.27. The van der Waals surface area contributed by atoms with Gasteiger partial charge in [0, 0.05) is 7.05 Å². The molecular formula is C8H16N2. The Labute approximate surface area is 62.7 Å². The second-order valence-electron chi connectivity index (χ2n) is 2.74. The number of allylic oxidation sites excluding steroid dienone is 1. The minimum atomic E-state index is 0.800. The van der Waals surface area contributed by atoms with Crippen LogP contribution in [0, 0.1) is 5.92 Å². The van der Waals surface area contributed by atoms with Gasteiger partial charge < -0.3 is 10.6 Å². The lowest BCUT2D eigenvalue weighted by molar-refractivity contribution is 0.436. The molecular weight excluding hydrogens is 124 g/mol. The Morgan fingerprint density at radius 1 is 1.40 bits per heavy atom. The number of rotatable bonds is 2. The molecule has 0 aliphatic carbocycles. The summed E-state index contributed by atoms with van der Waals surface area (Å²) in [6, 6.07) is 0. The van der Waals surface area contributed by atoms with Gasteiger partial charge in [0.15, 0.2) is 0 Å². The normalized spacial score (nSPS) is 21.7. The van der Waals surface area contributed by atoms with Gasteiger partial charge in [-0.2, -0.15) is 0 Å². The molecule has 1 fully saturated rings. The summed E-state index contributed by atoms with van der Waals surface area (Å²) in [6.45, 7) is 2.36. The predicted molar refractivity (Wildman–Crippen MR) is 43.8 cm³/mol. The number of nitrogens with one attached hydrogen (secondary N) is 2. The Kier molecular flexibility index (Phi) is 3.30. The second kappa shape index (κ2) is 4.34. The summed E-state index contributed by atoms with van der Waals surface area (Å²) < 4.78 is 0. The molecule has 0 aromatic rings. The third-order valence-corrected chi connectivity index (χ3v) is 1.92. The Morgan fingerprint density at radius 2 is 2.10 bits per heavy atom. The maximum Gasteiger partial charge on any atom is 0.00276 e. The van der Waals surface area contributed by atoms with Gasteiger partial charge in [-0.05, 0) is 38.0 Å². The molecule has 0 unspecified atom stereocenters. The van der Waals surface area contributed by atoms with Crippen LogP contribution in [-0.2, 0) is 0 Å². The molecule has 1 aliphatic heterocycles. The Balaban J connectivity index is 2.19. The van der Waals surface area contributed by atoms with E-state index in [0.29, 0.717) is 0 Å². The average molecular weight is 140 g/mol. The van der Waals surface area contributed by atoms with E-state index in [1.807, 2.05) is 13.2 Å². The van der Waals surface area contributed by atoms with Crippen molar-refractivity contribution in [2.75, 3.05) is 20.1 Å². The van der Waals surface area contributed by atoms with E-state index in [2.05, 4.69) is 16.7 Å². The first-order valence-electron chi connectivity index (χ1n) is 3.98. The van der Waals surface area contributed by atoms with E-state index in [-0.39, 0.29) is 0 Å². The van der Waals surface area contributed by atoms with Crippen LogP contribution < -0.4 is 10.6 Å². The van der Waals surface area contributed by atoms with Crippen molar-refractivity contribution in [1.29, 1.82) is 0 Å². The summed E-state index contributed by atoms with van der Waals surface area (Å²) in [5.74, 6) is 0.800. The van der Waals surface area contributed by atoms with Crippen LogP contribution in [0.2, 0.25) is 0 Å². The molecule has 0 aromatic carbocycles. The Bertz CT molecular complexity index is 104. The fraction of sp³-hybridized carbons (Fsp3) is 0.750. The molecule has 0 atom stereocenters. The molecule has 0 radical (unpaired) electrons. The van der Waals surface area contributed by atoms with E-state index in [9.17, 15) is 0 Å². The largest absolute Gasteiger partial charge is 0.394 e. The highest BCUT2D eigenvalue weighted by Crippen LogP contribution is 2.11. The predicted octanol–water partition coefficient (Wildman–Crippen LogP) is 0.719. The van der Waals surface area contributed by atoms with Crippen molar-refractivity contribution in [1.82, 2.24) is 10.6 Å². The van der Waals surface area contributed by atoms with Gasteiger partial charge >= 0.3 is 0 Å². The van der Waals surface area contributed by atoms with E-state index in [1.54, 1.807) is 0 Å². The van der Waals surface area contributed by atoms with Gasteiger partial charge in [0.1, 0.15) is 0 Å². The zero-order chi connectivity index (χ0) is 7.23. The van der Waals surface area contributed by atoms with Crippen molar-refractivity contribution in [3.63, 3.8) is 0 Å². The number of hydrogen-bond acceptors (Lipinski definition) is 2. The standard InChI is InChI=1S/C8H16N2/c1-9-5-2-8-3-6-10-7-4-8/h2,5,8-10H,3-4,6-7H2,1H3/b5-2+. The van der Waals surface area contributed by atoms with Gasteiger partial charge in [0.25, 0.3) is 0 Å². The Hall–Kier alpha value is -0.500. The van der Waals surface area contributed by atoms with Gasteiger partial charge in [-0.3, -0.25) is 0 Å². The lowest BCUT2D eigenvalue weighted by Crippen LogP contribution is -2.26. The van der Waals surface area contributed by atoms with Crippen LogP contribution in [0.5, 0.6) is 0 Å². The van der Waals surface area contributed by atoms with E-state index in [0.717, 1.165) is 5.92 Å². The molecule has 1 saturated heterocycles. The summed E-state index contributed by atoms with van der Waals surface area (Å²) >= 11 is 0. The SMILES string of the molecule is CN/C=C/C1CCNCC1. The van der Waals surface area contributed by atoms with Gasteiger partial charge in [-0.1, -0.05) is 6.08 Å². The maximum absolute atomic E-state index is 3.34. The zero-order valence-corrected chi connectivity index (χ0v) is 6.56.